The molecule has 2 rings (SSSR count). The predicted octanol–water partition coefficient (Wildman–Crippen LogP) is 2.82. The van der Waals surface area contributed by atoms with Crippen molar-refractivity contribution < 1.29 is 9.53 Å². The van der Waals surface area contributed by atoms with E-state index in [0.29, 0.717) is 22.8 Å². The average molecular weight is 236 g/mol. The van der Waals surface area contributed by atoms with Crippen LogP contribution in [0.5, 0.6) is 5.75 Å². The van der Waals surface area contributed by atoms with Crippen LogP contribution in [0.4, 0.5) is 0 Å². The second-order valence-corrected chi connectivity index (χ2v) is 4.15. The summed E-state index contributed by atoms with van der Waals surface area (Å²) < 4.78 is 5.23. The van der Waals surface area contributed by atoms with Crippen LogP contribution < -0.4 is 4.74 Å². The Labute approximate surface area is 98.6 Å². The summed E-state index contributed by atoms with van der Waals surface area (Å²) >= 11 is 5.44. The van der Waals surface area contributed by atoms with Crippen LogP contribution in [0.3, 0.4) is 0 Å². The van der Waals surface area contributed by atoms with Gasteiger partial charge in [0.1, 0.15) is 11.8 Å². The Morgan fingerprint density at radius 2 is 2.25 bits per heavy atom. The van der Waals surface area contributed by atoms with E-state index in [0.717, 1.165) is 18.4 Å². The number of benzene rings is 1. The van der Waals surface area contributed by atoms with Crippen LogP contribution in [-0.2, 0) is 0 Å². The largest absolute Gasteiger partial charge is 0.495 e. The molecule has 1 aromatic rings. The first-order valence-corrected chi connectivity index (χ1v) is 5.37. The molecule has 0 aromatic heterocycles. The molecule has 16 heavy (non-hydrogen) atoms. The van der Waals surface area contributed by atoms with Gasteiger partial charge in [0.15, 0.2) is 0 Å². The van der Waals surface area contributed by atoms with E-state index in [9.17, 15) is 4.79 Å². The van der Waals surface area contributed by atoms with Gasteiger partial charge in [0, 0.05) is 5.56 Å². The van der Waals surface area contributed by atoms with E-state index >= 15 is 0 Å². The van der Waals surface area contributed by atoms with Crippen LogP contribution >= 0.6 is 11.6 Å². The fourth-order valence-electron chi connectivity index (χ4n) is 1.77. The van der Waals surface area contributed by atoms with Crippen LogP contribution in [0.25, 0.3) is 0 Å². The second kappa shape index (κ2) is 4.15. The zero-order valence-electron chi connectivity index (χ0n) is 8.79. The SMILES string of the molecule is COc1c(C#N)cc(C(=O)Cl)cc1C1CC1. The van der Waals surface area contributed by atoms with Crippen LogP contribution in [-0.4, -0.2) is 12.4 Å². The Bertz CT molecular complexity index is 487. The van der Waals surface area contributed by atoms with Gasteiger partial charge < -0.3 is 4.74 Å². The van der Waals surface area contributed by atoms with Crippen molar-refractivity contribution in [3.63, 3.8) is 0 Å². The average Bonchev–Trinajstić information content (AvgIpc) is 3.10. The summed E-state index contributed by atoms with van der Waals surface area (Å²) in [6.45, 7) is 0. The standard InChI is InChI=1S/C12H10ClNO2/c1-16-11-9(6-14)4-8(12(13)15)5-10(11)7-2-3-7/h4-5,7H,2-3H2,1H3. The number of rotatable bonds is 3. The highest BCUT2D eigenvalue weighted by molar-refractivity contribution is 6.67. The molecule has 4 heteroatoms. The maximum absolute atomic E-state index is 11.1. The van der Waals surface area contributed by atoms with Gasteiger partial charge in [0.2, 0.25) is 0 Å². The van der Waals surface area contributed by atoms with Crippen molar-refractivity contribution in [2.75, 3.05) is 7.11 Å². The van der Waals surface area contributed by atoms with Gasteiger partial charge in [-0.3, -0.25) is 4.79 Å². The lowest BCUT2D eigenvalue weighted by Crippen LogP contribution is -1.99. The van der Waals surface area contributed by atoms with Crippen LogP contribution in [0.2, 0.25) is 0 Å². The molecule has 1 fully saturated rings. The van der Waals surface area contributed by atoms with Gasteiger partial charge in [-0.1, -0.05) is 0 Å². The van der Waals surface area contributed by atoms with E-state index in [1.54, 1.807) is 6.07 Å². The molecule has 0 N–H and O–H groups in total. The van der Waals surface area contributed by atoms with Gasteiger partial charge in [0.05, 0.1) is 12.7 Å². The molecular formula is C12H10ClNO2. The lowest BCUT2D eigenvalue weighted by molar-refractivity contribution is 0.108. The number of nitrogens with zero attached hydrogens (tertiary/aromatic N) is 1. The molecule has 1 aromatic carbocycles. The molecule has 3 nitrogen and oxygen atoms in total. The quantitative estimate of drug-likeness (QED) is 0.757. The summed E-state index contributed by atoms with van der Waals surface area (Å²) in [5, 5.41) is 8.46. The summed E-state index contributed by atoms with van der Waals surface area (Å²) in [4.78, 5) is 11.1. The first-order valence-electron chi connectivity index (χ1n) is 4.99. The third-order valence-electron chi connectivity index (χ3n) is 2.69. The molecule has 0 radical (unpaired) electrons. The minimum absolute atomic E-state index is 0.362. The highest BCUT2D eigenvalue weighted by atomic mass is 35.5. The number of carbonyl (C=O) groups excluding carboxylic acids is 1. The smallest absolute Gasteiger partial charge is 0.252 e. The Morgan fingerprint density at radius 1 is 1.56 bits per heavy atom. The van der Waals surface area contributed by atoms with Gasteiger partial charge in [-0.25, -0.2) is 0 Å². The molecule has 1 aliphatic rings. The van der Waals surface area contributed by atoms with Crippen molar-refractivity contribution in [1.82, 2.24) is 0 Å². The van der Waals surface area contributed by atoms with Gasteiger partial charge >= 0.3 is 0 Å². The monoisotopic (exact) mass is 235 g/mol. The normalized spacial score (nSPS) is 14.3. The summed E-state index contributed by atoms with van der Waals surface area (Å²) in [5.41, 5.74) is 1.65. The Morgan fingerprint density at radius 3 is 2.69 bits per heavy atom. The maximum Gasteiger partial charge on any atom is 0.252 e. The molecule has 0 heterocycles. The summed E-state index contributed by atoms with van der Waals surface area (Å²) in [6.07, 6.45) is 2.14. The highest BCUT2D eigenvalue weighted by Gasteiger charge is 2.29. The summed E-state index contributed by atoms with van der Waals surface area (Å²) in [7, 11) is 1.53. The van der Waals surface area contributed by atoms with E-state index in [-0.39, 0.29) is 0 Å². The van der Waals surface area contributed by atoms with E-state index in [4.69, 9.17) is 21.6 Å². The van der Waals surface area contributed by atoms with Crippen molar-refractivity contribution in [3.05, 3.63) is 28.8 Å². The molecular weight excluding hydrogens is 226 g/mol. The van der Waals surface area contributed by atoms with Crippen molar-refractivity contribution in [2.24, 2.45) is 0 Å². The van der Waals surface area contributed by atoms with Gasteiger partial charge in [-0.15, -0.1) is 0 Å². The van der Waals surface area contributed by atoms with Crippen LogP contribution in [0, 0.1) is 11.3 Å². The third-order valence-corrected chi connectivity index (χ3v) is 2.90. The third kappa shape index (κ3) is 1.89. The lowest BCUT2D eigenvalue weighted by Gasteiger charge is -2.10. The summed E-state index contributed by atoms with van der Waals surface area (Å²) in [6, 6.07) is 5.23. The highest BCUT2D eigenvalue weighted by Crippen LogP contribution is 2.45. The van der Waals surface area contributed by atoms with Crippen molar-refractivity contribution >= 4 is 16.8 Å². The zero-order valence-corrected chi connectivity index (χ0v) is 9.54. The minimum Gasteiger partial charge on any atom is -0.495 e. The van der Waals surface area contributed by atoms with Crippen molar-refractivity contribution in [1.29, 1.82) is 5.26 Å². The first kappa shape index (κ1) is 11.0. The fraction of sp³-hybridized carbons (Fsp3) is 0.333. The molecule has 0 amide bonds. The van der Waals surface area contributed by atoms with Crippen LogP contribution in [0.15, 0.2) is 12.1 Å². The van der Waals surface area contributed by atoms with Gasteiger partial charge in [0.25, 0.3) is 5.24 Å². The molecule has 0 saturated heterocycles. The minimum atomic E-state index is -0.541. The van der Waals surface area contributed by atoms with E-state index in [1.165, 1.54) is 13.2 Å². The predicted molar refractivity (Wildman–Crippen MR) is 59.9 cm³/mol. The van der Waals surface area contributed by atoms with E-state index < -0.39 is 5.24 Å². The maximum atomic E-state index is 11.1. The molecule has 0 spiro atoms. The number of methoxy groups -OCH3 is 1. The lowest BCUT2D eigenvalue weighted by atomic mass is 10.0. The Balaban J connectivity index is 2.60. The number of ether oxygens (including phenoxy) is 1. The molecule has 1 saturated carbocycles. The van der Waals surface area contributed by atoms with Crippen molar-refractivity contribution in [3.8, 4) is 11.8 Å². The molecule has 0 atom stereocenters. The number of nitriles is 1. The van der Waals surface area contributed by atoms with Gasteiger partial charge in [-0.2, -0.15) is 5.26 Å². The molecule has 0 bridgehead atoms. The molecule has 1 aliphatic carbocycles. The molecule has 0 aliphatic heterocycles. The van der Waals surface area contributed by atoms with Crippen LogP contribution in [0.1, 0.15) is 40.2 Å². The Kier molecular flexibility index (Phi) is 2.84. The fourth-order valence-corrected chi connectivity index (χ4v) is 1.88. The molecule has 82 valence electrons. The van der Waals surface area contributed by atoms with Gasteiger partial charge in [-0.05, 0) is 48.1 Å². The Hall–Kier alpha value is -1.53. The van der Waals surface area contributed by atoms with E-state index in [2.05, 4.69) is 0 Å². The topological polar surface area (TPSA) is 50.1 Å². The molecule has 0 unspecified atom stereocenters. The zero-order chi connectivity index (χ0) is 11.7. The van der Waals surface area contributed by atoms with E-state index in [1.807, 2.05) is 6.07 Å². The van der Waals surface area contributed by atoms with Crippen molar-refractivity contribution in [2.45, 2.75) is 18.8 Å². The number of carbonyl (C=O) groups is 1. The number of halogens is 1. The number of hydrogen-bond donors (Lipinski definition) is 0. The first-order chi connectivity index (χ1) is 7.67. The second-order valence-electron chi connectivity index (χ2n) is 3.81. The summed E-state index contributed by atoms with van der Waals surface area (Å²) in [5.74, 6) is 0.977. The number of hydrogen-bond acceptors (Lipinski definition) is 3.